The van der Waals surface area contributed by atoms with Crippen molar-refractivity contribution < 1.29 is 14.3 Å². The molecule has 0 aliphatic carbocycles. The summed E-state index contributed by atoms with van der Waals surface area (Å²) >= 11 is 0. The standard InChI is InChI=1S/C22H36N2O3/c1-6-12-27-22(4,5)21(25)23-19-7-9-20(10-8-19)26-13-11-24-15-17(2)14-18(3)16-24/h7-10,17-18H,6,11-16H2,1-5H3,(H,23,25)/t17-,18-/m1/s1. The highest BCUT2D eigenvalue weighted by molar-refractivity contribution is 5.96. The molecule has 1 aliphatic heterocycles. The van der Waals surface area contributed by atoms with Crippen molar-refractivity contribution in [3.8, 4) is 5.75 Å². The molecule has 1 fully saturated rings. The van der Waals surface area contributed by atoms with Crippen LogP contribution in [0.5, 0.6) is 5.75 Å². The number of hydrogen-bond acceptors (Lipinski definition) is 4. The maximum atomic E-state index is 12.4. The van der Waals surface area contributed by atoms with E-state index in [-0.39, 0.29) is 5.91 Å². The van der Waals surface area contributed by atoms with Crippen LogP contribution in [-0.2, 0) is 9.53 Å². The van der Waals surface area contributed by atoms with Gasteiger partial charge in [0.05, 0.1) is 0 Å². The Morgan fingerprint density at radius 2 is 1.78 bits per heavy atom. The van der Waals surface area contributed by atoms with Gasteiger partial charge in [-0.05, 0) is 62.8 Å². The molecule has 5 nitrogen and oxygen atoms in total. The zero-order valence-corrected chi connectivity index (χ0v) is 17.6. The quantitative estimate of drug-likeness (QED) is 0.702. The van der Waals surface area contributed by atoms with Crippen molar-refractivity contribution in [2.75, 3.05) is 38.2 Å². The maximum absolute atomic E-state index is 12.4. The summed E-state index contributed by atoms with van der Waals surface area (Å²) in [5.74, 6) is 2.22. The fourth-order valence-electron chi connectivity index (χ4n) is 3.61. The van der Waals surface area contributed by atoms with E-state index in [1.165, 1.54) is 6.42 Å². The van der Waals surface area contributed by atoms with Crippen LogP contribution in [0, 0.1) is 11.8 Å². The lowest BCUT2D eigenvalue weighted by molar-refractivity contribution is -0.137. The number of carbonyl (C=O) groups is 1. The fourth-order valence-corrected chi connectivity index (χ4v) is 3.61. The van der Waals surface area contributed by atoms with Crippen molar-refractivity contribution in [3.05, 3.63) is 24.3 Å². The third-order valence-corrected chi connectivity index (χ3v) is 4.95. The summed E-state index contributed by atoms with van der Waals surface area (Å²) in [7, 11) is 0. The van der Waals surface area contributed by atoms with Gasteiger partial charge in [-0.15, -0.1) is 0 Å². The smallest absolute Gasteiger partial charge is 0.256 e. The third kappa shape index (κ3) is 7.15. The highest BCUT2D eigenvalue weighted by Gasteiger charge is 2.28. The summed E-state index contributed by atoms with van der Waals surface area (Å²) in [6.07, 6.45) is 2.21. The van der Waals surface area contributed by atoms with Gasteiger partial charge in [-0.1, -0.05) is 20.8 Å². The van der Waals surface area contributed by atoms with Crippen molar-refractivity contribution in [2.24, 2.45) is 11.8 Å². The highest BCUT2D eigenvalue weighted by atomic mass is 16.5. The zero-order chi connectivity index (χ0) is 19.9. The van der Waals surface area contributed by atoms with E-state index in [0.29, 0.717) is 13.2 Å². The van der Waals surface area contributed by atoms with Crippen LogP contribution in [0.2, 0.25) is 0 Å². The second kappa shape index (κ2) is 10.1. The van der Waals surface area contributed by atoms with Gasteiger partial charge in [0.1, 0.15) is 18.0 Å². The molecule has 1 aromatic rings. The largest absolute Gasteiger partial charge is 0.492 e. The first kappa shape index (κ1) is 21.7. The molecule has 0 saturated carbocycles. The number of nitrogens with one attached hydrogen (secondary N) is 1. The van der Waals surface area contributed by atoms with Gasteiger partial charge in [-0.25, -0.2) is 0 Å². The predicted molar refractivity (Wildman–Crippen MR) is 110 cm³/mol. The van der Waals surface area contributed by atoms with E-state index < -0.39 is 5.60 Å². The average Bonchev–Trinajstić information content (AvgIpc) is 2.60. The number of hydrogen-bond donors (Lipinski definition) is 1. The molecule has 1 aliphatic rings. The molecule has 1 aromatic carbocycles. The highest BCUT2D eigenvalue weighted by Crippen LogP contribution is 2.21. The van der Waals surface area contributed by atoms with Crippen LogP contribution in [0.3, 0.4) is 0 Å². The van der Waals surface area contributed by atoms with Crippen molar-refractivity contribution >= 4 is 11.6 Å². The van der Waals surface area contributed by atoms with Crippen molar-refractivity contribution in [1.29, 1.82) is 0 Å². The number of piperidine rings is 1. The SMILES string of the molecule is CCCOC(C)(C)C(=O)Nc1ccc(OCCN2C[C@H](C)C[C@@H](C)C2)cc1. The first-order valence-electron chi connectivity index (χ1n) is 10.2. The van der Waals surface area contributed by atoms with Crippen LogP contribution in [0.15, 0.2) is 24.3 Å². The van der Waals surface area contributed by atoms with Crippen LogP contribution in [0.25, 0.3) is 0 Å². The van der Waals surface area contributed by atoms with E-state index in [0.717, 1.165) is 49.3 Å². The number of ether oxygens (including phenoxy) is 2. The van der Waals surface area contributed by atoms with Gasteiger partial charge in [-0.3, -0.25) is 9.69 Å². The minimum Gasteiger partial charge on any atom is -0.492 e. The molecule has 5 heteroatoms. The Bertz CT molecular complexity index is 576. The Labute approximate surface area is 164 Å². The topological polar surface area (TPSA) is 50.8 Å². The lowest BCUT2D eigenvalue weighted by atomic mass is 9.92. The van der Waals surface area contributed by atoms with Crippen LogP contribution < -0.4 is 10.1 Å². The third-order valence-electron chi connectivity index (χ3n) is 4.95. The molecule has 27 heavy (non-hydrogen) atoms. The molecule has 0 unspecified atom stereocenters. The van der Waals surface area contributed by atoms with Gasteiger partial charge in [0, 0.05) is 31.9 Å². The Hall–Kier alpha value is -1.59. The second-order valence-electron chi connectivity index (χ2n) is 8.39. The predicted octanol–water partition coefficient (Wildman–Crippen LogP) is 4.19. The molecule has 0 bridgehead atoms. The van der Waals surface area contributed by atoms with Crippen LogP contribution in [0.1, 0.15) is 47.5 Å². The van der Waals surface area contributed by atoms with E-state index in [9.17, 15) is 4.79 Å². The number of carbonyl (C=O) groups excluding carboxylic acids is 1. The lowest BCUT2D eigenvalue weighted by Gasteiger charge is -2.34. The van der Waals surface area contributed by atoms with Crippen molar-refractivity contribution in [1.82, 2.24) is 4.90 Å². The van der Waals surface area contributed by atoms with E-state index in [1.54, 1.807) is 13.8 Å². The summed E-state index contributed by atoms with van der Waals surface area (Å²) in [5, 5.41) is 2.91. The summed E-state index contributed by atoms with van der Waals surface area (Å²) in [4.78, 5) is 14.8. The van der Waals surface area contributed by atoms with Gasteiger partial charge < -0.3 is 14.8 Å². The second-order valence-corrected chi connectivity index (χ2v) is 8.39. The molecular formula is C22H36N2O3. The molecule has 2 atom stereocenters. The monoisotopic (exact) mass is 376 g/mol. The maximum Gasteiger partial charge on any atom is 0.256 e. The van der Waals surface area contributed by atoms with E-state index in [4.69, 9.17) is 9.47 Å². The normalized spacial score (nSPS) is 21.1. The van der Waals surface area contributed by atoms with Crippen LogP contribution >= 0.6 is 0 Å². The summed E-state index contributed by atoms with van der Waals surface area (Å²) in [5.41, 5.74) is -0.0901. The van der Waals surface area contributed by atoms with Gasteiger partial charge >= 0.3 is 0 Å². The summed E-state index contributed by atoms with van der Waals surface area (Å²) in [6.45, 7) is 14.8. The first-order valence-corrected chi connectivity index (χ1v) is 10.2. The minimum atomic E-state index is -0.839. The number of amides is 1. The van der Waals surface area contributed by atoms with Gasteiger partial charge in [-0.2, -0.15) is 0 Å². The molecule has 2 rings (SSSR count). The molecular weight excluding hydrogens is 340 g/mol. The molecule has 1 saturated heterocycles. The number of benzene rings is 1. The molecule has 0 aromatic heterocycles. The Kier molecular flexibility index (Phi) is 8.11. The molecule has 0 spiro atoms. The molecule has 1 amide bonds. The Morgan fingerprint density at radius 1 is 1.15 bits per heavy atom. The van der Waals surface area contributed by atoms with Crippen molar-refractivity contribution in [3.63, 3.8) is 0 Å². The fraction of sp³-hybridized carbons (Fsp3) is 0.682. The van der Waals surface area contributed by atoms with E-state index >= 15 is 0 Å². The molecule has 0 radical (unpaired) electrons. The number of anilines is 1. The van der Waals surface area contributed by atoms with Crippen LogP contribution in [0.4, 0.5) is 5.69 Å². The van der Waals surface area contributed by atoms with E-state index in [2.05, 4.69) is 24.1 Å². The van der Waals surface area contributed by atoms with Crippen LogP contribution in [-0.4, -0.2) is 49.3 Å². The first-order chi connectivity index (χ1) is 12.8. The number of rotatable bonds is 9. The molecule has 1 N–H and O–H groups in total. The molecule has 152 valence electrons. The Morgan fingerprint density at radius 3 is 2.37 bits per heavy atom. The molecule has 1 heterocycles. The van der Waals surface area contributed by atoms with Gasteiger partial charge in [0.25, 0.3) is 5.91 Å². The summed E-state index contributed by atoms with van der Waals surface area (Å²) in [6, 6.07) is 7.54. The van der Waals surface area contributed by atoms with Crippen molar-refractivity contribution in [2.45, 2.75) is 53.1 Å². The minimum absolute atomic E-state index is 0.141. The van der Waals surface area contributed by atoms with E-state index in [1.807, 2.05) is 31.2 Å². The Balaban J connectivity index is 1.77. The van der Waals surface area contributed by atoms with Gasteiger partial charge in [0.2, 0.25) is 0 Å². The number of nitrogens with zero attached hydrogens (tertiary/aromatic N) is 1. The zero-order valence-electron chi connectivity index (χ0n) is 17.6. The lowest BCUT2D eigenvalue weighted by Crippen LogP contribution is -2.40. The number of likely N-dealkylation sites (tertiary alicyclic amines) is 1. The summed E-state index contributed by atoms with van der Waals surface area (Å²) < 4.78 is 11.5. The average molecular weight is 377 g/mol. The van der Waals surface area contributed by atoms with Gasteiger partial charge in [0.15, 0.2) is 0 Å².